The number of benzene rings is 4. The predicted octanol–water partition coefficient (Wildman–Crippen LogP) is 6.82. The summed E-state index contributed by atoms with van der Waals surface area (Å²) in [6, 6.07) is 27.2. The molecule has 200 valence electrons. The third-order valence-electron chi connectivity index (χ3n) is 6.06. The molecule has 0 unspecified atom stereocenters. The van der Waals surface area contributed by atoms with E-state index in [1.807, 2.05) is 30.3 Å². The van der Waals surface area contributed by atoms with E-state index in [-0.39, 0.29) is 17.9 Å². The summed E-state index contributed by atoms with van der Waals surface area (Å²) >= 11 is 12.1. The van der Waals surface area contributed by atoms with Crippen LogP contribution < -0.4 is 19.7 Å². The monoisotopic (exact) mass is 572 g/mol. The van der Waals surface area contributed by atoms with E-state index in [9.17, 15) is 14.4 Å². The van der Waals surface area contributed by atoms with E-state index in [1.54, 1.807) is 66.7 Å². The molecule has 1 heterocycles. The third-order valence-corrected chi connectivity index (χ3v) is 6.68. The smallest absolute Gasteiger partial charge is 0.335 e. The number of rotatable bonds is 8. The number of halogens is 2. The van der Waals surface area contributed by atoms with Crippen LogP contribution in [0.1, 0.15) is 16.7 Å². The van der Waals surface area contributed by atoms with Gasteiger partial charge in [0, 0.05) is 15.6 Å². The lowest BCUT2D eigenvalue weighted by molar-refractivity contribution is -0.122. The number of carbonyl (C=O) groups is 3. The first-order valence-electron chi connectivity index (χ1n) is 12.2. The molecule has 0 aromatic heterocycles. The van der Waals surface area contributed by atoms with Crippen molar-refractivity contribution in [2.75, 3.05) is 4.90 Å². The molecule has 1 aliphatic heterocycles. The van der Waals surface area contributed by atoms with Gasteiger partial charge in [0.1, 0.15) is 30.3 Å². The van der Waals surface area contributed by atoms with Crippen LogP contribution in [0.15, 0.2) is 103 Å². The predicted molar refractivity (Wildman–Crippen MR) is 153 cm³/mol. The molecule has 4 amide bonds. The van der Waals surface area contributed by atoms with Gasteiger partial charge in [0.15, 0.2) is 0 Å². The van der Waals surface area contributed by atoms with E-state index in [2.05, 4.69) is 5.32 Å². The Kier molecular flexibility index (Phi) is 8.15. The van der Waals surface area contributed by atoms with Crippen molar-refractivity contribution in [1.82, 2.24) is 5.32 Å². The molecule has 1 fully saturated rings. The van der Waals surface area contributed by atoms with E-state index in [0.717, 1.165) is 16.0 Å². The van der Waals surface area contributed by atoms with Crippen LogP contribution in [0.5, 0.6) is 11.5 Å². The van der Waals surface area contributed by atoms with Crippen molar-refractivity contribution in [2.24, 2.45) is 0 Å². The van der Waals surface area contributed by atoms with Crippen LogP contribution in [0.3, 0.4) is 0 Å². The summed E-state index contributed by atoms with van der Waals surface area (Å²) in [7, 11) is 0. The second kappa shape index (κ2) is 12.1. The van der Waals surface area contributed by atoms with Gasteiger partial charge in [-0.3, -0.25) is 14.9 Å². The summed E-state index contributed by atoms with van der Waals surface area (Å²) in [5, 5.41) is 3.48. The summed E-state index contributed by atoms with van der Waals surface area (Å²) < 4.78 is 11.6. The van der Waals surface area contributed by atoms with Crippen LogP contribution >= 0.6 is 23.2 Å². The Labute approximate surface area is 240 Å². The second-order valence-electron chi connectivity index (χ2n) is 8.82. The number of anilines is 1. The highest BCUT2D eigenvalue weighted by Gasteiger charge is 2.36. The van der Waals surface area contributed by atoms with Crippen molar-refractivity contribution >= 4 is 52.8 Å². The van der Waals surface area contributed by atoms with E-state index in [1.165, 1.54) is 6.08 Å². The zero-order chi connectivity index (χ0) is 28.1. The summed E-state index contributed by atoms with van der Waals surface area (Å²) in [6.07, 6.45) is 1.43. The maximum Gasteiger partial charge on any atom is 0.335 e. The Morgan fingerprint density at radius 2 is 1.35 bits per heavy atom. The largest absolute Gasteiger partial charge is 0.489 e. The van der Waals surface area contributed by atoms with Crippen molar-refractivity contribution in [3.8, 4) is 11.5 Å². The minimum absolute atomic E-state index is 0.173. The molecule has 1 N–H and O–H groups in total. The van der Waals surface area contributed by atoms with Gasteiger partial charge in [0.25, 0.3) is 11.8 Å². The average Bonchev–Trinajstić information content (AvgIpc) is 2.96. The number of amides is 4. The molecule has 9 heteroatoms. The third kappa shape index (κ3) is 6.34. The molecule has 4 aromatic carbocycles. The second-order valence-corrected chi connectivity index (χ2v) is 9.66. The van der Waals surface area contributed by atoms with Crippen molar-refractivity contribution in [1.29, 1.82) is 0 Å². The van der Waals surface area contributed by atoms with Gasteiger partial charge < -0.3 is 9.47 Å². The molecule has 1 saturated heterocycles. The van der Waals surface area contributed by atoms with Gasteiger partial charge in [-0.05, 0) is 71.8 Å². The molecule has 40 heavy (non-hydrogen) atoms. The lowest BCUT2D eigenvalue weighted by atomic mass is 10.1. The van der Waals surface area contributed by atoms with Gasteiger partial charge in [-0.1, -0.05) is 65.7 Å². The SMILES string of the molecule is O=C1NC(=O)N(c2ccc(OCc3ccccc3Cl)cc2)C(=O)/C1=C/c1ccc(OCc2ccc(Cl)cc2)cc1. The van der Waals surface area contributed by atoms with Crippen molar-refractivity contribution in [3.63, 3.8) is 0 Å². The van der Waals surface area contributed by atoms with Crippen LogP contribution in [0.25, 0.3) is 6.08 Å². The Morgan fingerprint density at radius 3 is 2.02 bits per heavy atom. The van der Waals surface area contributed by atoms with Gasteiger partial charge in [-0.25, -0.2) is 9.69 Å². The fourth-order valence-corrected chi connectivity index (χ4v) is 4.25. The first-order chi connectivity index (χ1) is 19.4. The van der Waals surface area contributed by atoms with Crippen LogP contribution in [0.2, 0.25) is 10.0 Å². The number of ether oxygens (including phenoxy) is 2. The number of imide groups is 2. The minimum Gasteiger partial charge on any atom is -0.489 e. The molecule has 7 nitrogen and oxygen atoms in total. The Morgan fingerprint density at radius 1 is 0.725 bits per heavy atom. The number of nitrogens with zero attached hydrogens (tertiary/aromatic N) is 1. The van der Waals surface area contributed by atoms with Crippen LogP contribution in [-0.4, -0.2) is 17.8 Å². The van der Waals surface area contributed by atoms with E-state index in [0.29, 0.717) is 33.7 Å². The van der Waals surface area contributed by atoms with Crippen molar-refractivity contribution in [3.05, 3.63) is 129 Å². The molecular weight excluding hydrogens is 551 g/mol. The molecule has 4 aromatic rings. The Bertz CT molecular complexity index is 1580. The summed E-state index contributed by atoms with van der Waals surface area (Å²) in [5.74, 6) is -0.362. The average molecular weight is 573 g/mol. The number of barbiturate groups is 1. The molecular formula is C31H22Cl2N2O5. The maximum atomic E-state index is 13.2. The Balaban J connectivity index is 1.26. The molecule has 5 rings (SSSR count). The zero-order valence-corrected chi connectivity index (χ0v) is 22.5. The van der Waals surface area contributed by atoms with Crippen LogP contribution in [-0.2, 0) is 22.8 Å². The molecule has 1 aliphatic rings. The zero-order valence-electron chi connectivity index (χ0n) is 21.0. The lowest BCUT2D eigenvalue weighted by Gasteiger charge is -2.26. The normalized spacial score (nSPS) is 14.3. The summed E-state index contributed by atoms with van der Waals surface area (Å²) in [5.41, 5.74) is 2.50. The van der Waals surface area contributed by atoms with Crippen molar-refractivity contribution < 1.29 is 23.9 Å². The van der Waals surface area contributed by atoms with E-state index < -0.39 is 17.8 Å². The van der Waals surface area contributed by atoms with Crippen molar-refractivity contribution in [2.45, 2.75) is 13.2 Å². The first-order valence-corrected chi connectivity index (χ1v) is 13.0. The fourth-order valence-electron chi connectivity index (χ4n) is 3.93. The number of nitrogens with one attached hydrogen (secondary N) is 1. The van der Waals surface area contributed by atoms with Gasteiger partial charge >= 0.3 is 6.03 Å². The van der Waals surface area contributed by atoms with Gasteiger partial charge in [0.05, 0.1) is 5.69 Å². The minimum atomic E-state index is -0.831. The molecule has 0 bridgehead atoms. The highest BCUT2D eigenvalue weighted by Crippen LogP contribution is 2.26. The van der Waals surface area contributed by atoms with Crippen LogP contribution in [0, 0.1) is 0 Å². The molecule has 0 aliphatic carbocycles. The standard InChI is InChI=1S/C31H22Cl2N2O5/c32-23-9-5-21(6-10-23)18-39-25-13-7-20(8-14-25)17-27-29(36)34-31(38)35(30(27)37)24-11-15-26(16-12-24)40-19-22-3-1-2-4-28(22)33/h1-17H,18-19H2,(H,34,36,38)/b27-17+. The number of hydrogen-bond acceptors (Lipinski definition) is 5. The highest BCUT2D eigenvalue weighted by molar-refractivity contribution is 6.39. The first kappa shape index (κ1) is 27.0. The lowest BCUT2D eigenvalue weighted by Crippen LogP contribution is -2.54. The molecule has 0 spiro atoms. The summed E-state index contributed by atoms with van der Waals surface area (Å²) in [6.45, 7) is 0.619. The number of carbonyl (C=O) groups excluding carboxylic acids is 3. The van der Waals surface area contributed by atoms with E-state index >= 15 is 0 Å². The van der Waals surface area contributed by atoms with Gasteiger partial charge in [0.2, 0.25) is 0 Å². The molecule has 0 atom stereocenters. The van der Waals surface area contributed by atoms with Gasteiger partial charge in [-0.2, -0.15) is 0 Å². The number of hydrogen-bond donors (Lipinski definition) is 1. The fraction of sp³-hybridized carbons (Fsp3) is 0.0645. The van der Waals surface area contributed by atoms with E-state index in [4.69, 9.17) is 32.7 Å². The maximum absolute atomic E-state index is 13.2. The van der Waals surface area contributed by atoms with Gasteiger partial charge in [-0.15, -0.1) is 0 Å². The quantitative estimate of drug-likeness (QED) is 0.185. The topological polar surface area (TPSA) is 84.9 Å². The van der Waals surface area contributed by atoms with Crippen LogP contribution in [0.4, 0.5) is 10.5 Å². The molecule has 0 radical (unpaired) electrons. The molecule has 0 saturated carbocycles. The summed E-state index contributed by atoms with van der Waals surface area (Å²) in [4.78, 5) is 39.3. The number of urea groups is 1. The highest BCUT2D eigenvalue weighted by atomic mass is 35.5. The Hall–Kier alpha value is -4.59.